The van der Waals surface area contributed by atoms with Crippen molar-refractivity contribution in [1.29, 1.82) is 0 Å². The van der Waals surface area contributed by atoms with Gasteiger partial charge in [-0.15, -0.1) is 0 Å². The molecule has 5 aromatic carbocycles. The molecule has 4 N–H and O–H groups in total. The first kappa shape index (κ1) is 31.9. The van der Waals surface area contributed by atoms with Crippen LogP contribution in [0.25, 0.3) is 44.5 Å². The van der Waals surface area contributed by atoms with Gasteiger partial charge in [0.05, 0.1) is 20.1 Å². The van der Waals surface area contributed by atoms with E-state index in [0.29, 0.717) is 22.3 Å². The summed E-state index contributed by atoms with van der Waals surface area (Å²) < 4.78 is 0. The number of halogens is 4. The van der Waals surface area contributed by atoms with E-state index in [1.54, 1.807) is 52.0 Å². The first-order valence-corrected chi connectivity index (χ1v) is 15.3. The summed E-state index contributed by atoms with van der Waals surface area (Å²) in [6, 6.07) is 14.4. The molecule has 0 aliphatic carbocycles. The average molecular weight is 668 g/mol. The van der Waals surface area contributed by atoms with Crippen LogP contribution in [0.15, 0.2) is 48.5 Å². The van der Waals surface area contributed by atoms with Gasteiger partial charge in [-0.2, -0.15) is 0 Å². The van der Waals surface area contributed by atoms with Gasteiger partial charge in [0.1, 0.15) is 23.0 Å². The van der Waals surface area contributed by atoms with Crippen molar-refractivity contribution >= 4 is 46.4 Å². The van der Waals surface area contributed by atoms with E-state index in [-0.39, 0.29) is 43.1 Å². The highest BCUT2D eigenvalue weighted by Crippen LogP contribution is 2.52. The lowest BCUT2D eigenvalue weighted by molar-refractivity contribution is 0.471. The summed E-state index contributed by atoms with van der Waals surface area (Å²) in [5.74, 6) is 0.00689. The molecule has 0 bridgehead atoms. The van der Waals surface area contributed by atoms with Crippen molar-refractivity contribution in [3.05, 3.63) is 102 Å². The molecule has 5 aromatic rings. The third-order valence-corrected chi connectivity index (χ3v) is 9.32. The van der Waals surface area contributed by atoms with Gasteiger partial charge in [0, 0.05) is 0 Å². The number of benzene rings is 5. The van der Waals surface area contributed by atoms with Crippen LogP contribution in [-0.4, -0.2) is 20.4 Å². The minimum absolute atomic E-state index is 0.00172. The minimum atomic E-state index is 0.00172. The van der Waals surface area contributed by atoms with Crippen LogP contribution < -0.4 is 0 Å². The highest BCUT2D eigenvalue weighted by Gasteiger charge is 2.26. The van der Waals surface area contributed by atoms with Crippen LogP contribution in [0.4, 0.5) is 0 Å². The zero-order chi connectivity index (χ0) is 32.4. The monoisotopic (exact) mass is 666 g/mol. The van der Waals surface area contributed by atoms with Crippen LogP contribution in [0.3, 0.4) is 0 Å². The fourth-order valence-corrected chi connectivity index (χ4v) is 7.03. The molecular formula is C36H30Cl4O4. The van der Waals surface area contributed by atoms with Crippen LogP contribution in [0, 0.1) is 41.5 Å². The lowest BCUT2D eigenvalue weighted by Crippen LogP contribution is -2.02. The molecule has 0 saturated heterocycles. The second kappa shape index (κ2) is 11.8. The van der Waals surface area contributed by atoms with E-state index < -0.39 is 0 Å². The maximum Gasteiger partial charge on any atom is 0.137 e. The van der Waals surface area contributed by atoms with Crippen molar-refractivity contribution in [2.75, 3.05) is 0 Å². The van der Waals surface area contributed by atoms with Crippen molar-refractivity contribution in [3.63, 3.8) is 0 Å². The number of phenols is 4. The van der Waals surface area contributed by atoms with Gasteiger partial charge in [-0.1, -0.05) is 46.4 Å². The van der Waals surface area contributed by atoms with Gasteiger partial charge in [0.15, 0.2) is 0 Å². The fourth-order valence-electron chi connectivity index (χ4n) is 5.97. The van der Waals surface area contributed by atoms with Crippen molar-refractivity contribution in [3.8, 4) is 67.5 Å². The maximum atomic E-state index is 10.5. The molecule has 0 aromatic heterocycles. The normalized spacial score (nSPS) is 11.3. The second-order valence-corrected chi connectivity index (χ2v) is 12.9. The summed E-state index contributed by atoms with van der Waals surface area (Å²) in [5, 5.41) is 42.9. The number of hydrogen-bond acceptors (Lipinski definition) is 4. The molecule has 226 valence electrons. The van der Waals surface area contributed by atoms with Crippen LogP contribution in [0.1, 0.15) is 33.4 Å². The SMILES string of the molecule is Cc1cc(-c2c(C)c(-c3cc(C)c(O)c(Cl)c3)c(-c3cc(C)c(O)c(Cl)c3)c(C)c2-c2cc(C)c(O)c(Cl)c2)cc(Cl)c1O. The third kappa shape index (κ3) is 5.35. The average Bonchev–Trinajstić information content (AvgIpc) is 2.95. The molecule has 0 unspecified atom stereocenters. The van der Waals surface area contributed by atoms with E-state index in [9.17, 15) is 20.4 Å². The molecule has 0 amide bonds. The Balaban J connectivity index is 2.07. The van der Waals surface area contributed by atoms with E-state index in [4.69, 9.17) is 46.4 Å². The quantitative estimate of drug-likeness (QED) is 0.154. The Hall–Kier alpha value is -3.54. The molecule has 44 heavy (non-hydrogen) atoms. The predicted octanol–water partition coefficient (Wildman–Crippen LogP) is 11.6. The van der Waals surface area contributed by atoms with E-state index in [2.05, 4.69) is 0 Å². The van der Waals surface area contributed by atoms with Gasteiger partial charge < -0.3 is 20.4 Å². The largest absolute Gasteiger partial charge is 0.506 e. The van der Waals surface area contributed by atoms with Gasteiger partial charge in [-0.05, 0) is 168 Å². The highest BCUT2D eigenvalue weighted by atomic mass is 35.5. The number of aryl methyl sites for hydroxylation is 4. The molecule has 0 saturated carbocycles. The Morgan fingerprint density at radius 2 is 0.523 bits per heavy atom. The molecule has 0 radical (unpaired) electrons. The van der Waals surface area contributed by atoms with Gasteiger partial charge in [0.2, 0.25) is 0 Å². The topological polar surface area (TPSA) is 80.9 Å². The van der Waals surface area contributed by atoms with E-state index in [1.165, 1.54) is 0 Å². The molecular weight excluding hydrogens is 638 g/mol. The molecule has 0 fully saturated rings. The third-order valence-electron chi connectivity index (χ3n) is 8.17. The lowest BCUT2D eigenvalue weighted by atomic mass is 9.77. The summed E-state index contributed by atoms with van der Waals surface area (Å²) in [5.41, 5.74) is 10.5. The molecule has 0 heterocycles. The summed E-state index contributed by atoms with van der Waals surface area (Å²) in [4.78, 5) is 0. The van der Waals surface area contributed by atoms with Gasteiger partial charge >= 0.3 is 0 Å². The van der Waals surface area contributed by atoms with E-state index >= 15 is 0 Å². The molecule has 0 aliphatic heterocycles. The maximum absolute atomic E-state index is 10.5. The van der Waals surface area contributed by atoms with Gasteiger partial charge in [-0.25, -0.2) is 0 Å². The minimum Gasteiger partial charge on any atom is -0.506 e. The van der Waals surface area contributed by atoms with Crippen LogP contribution in [0.5, 0.6) is 23.0 Å². The summed E-state index contributed by atoms with van der Waals surface area (Å²) in [7, 11) is 0. The molecule has 0 atom stereocenters. The first-order valence-electron chi connectivity index (χ1n) is 13.8. The van der Waals surface area contributed by atoms with E-state index in [0.717, 1.165) is 55.6 Å². The zero-order valence-electron chi connectivity index (χ0n) is 24.9. The molecule has 0 aliphatic rings. The Morgan fingerprint density at radius 3 is 0.682 bits per heavy atom. The van der Waals surface area contributed by atoms with Crippen molar-refractivity contribution in [2.24, 2.45) is 0 Å². The second-order valence-electron chi connectivity index (χ2n) is 11.2. The summed E-state index contributed by atoms with van der Waals surface area (Å²) in [6.07, 6.45) is 0. The van der Waals surface area contributed by atoms with Crippen molar-refractivity contribution in [2.45, 2.75) is 41.5 Å². The van der Waals surface area contributed by atoms with Gasteiger partial charge in [0.25, 0.3) is 0 Å². The van der Waals surface area contributed by atoms with Crippen LogP contribution in [0.2, 0.25) is 20.1 Å². The highest BCUT2D eigenvalue weighted by molar-refractivity contribution is 6.34. The number of rotatable bonds is 4. The number of hydrogen-bond donors (Lipinski definition) is 4. The predicted molar refractivity (Wildman–Crippen MR) is 183 cm³/mol. The van der Waals surface area contributed by atoms with Crippen molar-refractivity contribution < 1.29 is 20.4 Å². The smallest absolute Gasteiger partial charge is 0.137 e. The van der Waals surface area contributed by atoms with E-state index in [1.807, 2.05) is 38.1 Å². The standard InChI is InChI=1S/C36H30Cl4O4/c1-15-7-21(11-25(37)33(15)41)29-19(5)31(23-9-17(3)35(43)27(39)13-23)32(24-10-18(4)36(44)28(40)14-24)20(6)30(29)22-8-16(2)34(42)26(38)12-22/h7-14,41-44H,1-6H3. The Bertz CT molecular complexity index is 1640. The Labute approximate surface area is 276 Å². The molecule has 4 nitrogen and oxygen atoms in total. The summed E-state index contributed by atoms with van der Waals surface area (Å²) in [6.45, 7) is 11.1. The number of phenolic OH excluding ortho intramolecular Hbond substituents is 4. The van der Waals surface area contributed by atoms with Crippen LogP contribution in [-0.2, 0) is 0 Å². The lowest BCUT2D eigenvalue weighted by Gasteiger charge is -2.27. The van der Waals surface area contributed by atoms with Gasteiger partial charge in [-0.3, -0.25) is 0 Å². The molecule has 5 rings (SSSR count). The first-order chi connectivity index (χ1) is 20.6. The summed E-state index contributed by atoms with van der Waals surface area (Å²) >= 11 is 26.1. The molecule has 0 spiro atoms. The zero-order valence-corrected chi connectivity index (χ0v) is 27.9. The molecule has 8 heteroatoms. The fraction of sp³-hybridized carbons (Fsp3) is 0.167. The Morgan fingerprint density at radius 1 is 0.341 bits per heavy atom. The Kier molecular flexibility index (Phi) is 8.52. The van der Waals surface area contributed by atoms with Crippen molar-refractivity contribution in [1.82, 2.24) is 0 Å². The number of aromatic hydroxyl groups is 4. The van der Waals surface area contributed by atoms with Crippen LogP contribution >= 0.6 is 46.4 Å².